The average molecular weight is 425 g/mol. The lowest BCUT2D eigenvalue weighted by molar-refractivity contribution is -0.120. The van der Waals surface area contributed by atoms with Crippen molar-refractivity contribution in [1.29, 1.82) is 0 Å². The van der Waals surface area contributed by atoms with Crippen molar-refractivity contribution >= 4 is 51.7 Å². The van der Waals surface area contributed by atoms with Crippen molar-refractivity contribution in [3.8, 4) is 5.75 Å². The maximum Gasteiger partial charge on any atom is 0.282 e. The summed E-state index contributed by atoms with van der Waals surface area (Å²) < 4.78 is 5.37. The number of ether oxygens (including phenoxy) is 1. The Bertz CT molecular complexity index is 1140. The second-order valence-electron chi connectivity index (χ2n) is 6.43. The minimum Gasteiger partial charge on any atom is -0.495 e. The second kappa shape index (κ2) is 7.73. The first kappa shape index (κ1) is 19.2. The molecule has 1 aromatic heterocycles. The minimum absolute atomic E-state index is 0.207. The summed E-state index contributed by atoms with van der Waals surface area (Å²) in [6.07, 6.45) is 0. The van der Waals surface area contributed by atoms with Gasteiger partial charge in [0.05, 0.1) is 24.1 Å². The lowest BCUT2D eigenvalue weighted by Crippen LogP contribution is -2.32. The van der Waals surface area contributed by atoms with Crippen LogP contribution in [0.25, 0.3) is 5.57 Å². The molecule has 0 fully saturated rings. The summed E-state index contributed by atoms with van der Waals surface area (Å²) in [5.41, 5.74) is 2.44. The van der Waals surface area contributed by atoms with Crippen molar-refractivity contribution in [3.63, 3.8) is 0 Å². The molecule has 0 bridgehead atoms. The van der Waals surface area contributed by atoms with Gasteiger partial charge in [-0.1, -0.05) is 35.9 Å². The summed E-state index contributed by atoms with van der Waals surface area (Å²) in [7, 11) is 1.55. The van der Waals surface area contributed by atoms with Crippen LogP contribution in [0.2, 0.25) is 5.02 Å². The Kier molecular flexibility index (Phi) is 5.13. The molecule has 2 heterocycles. The maximum absolute atomic E-state index is 13.3. The van der Waals surface area contributed by atoms with Gasteiger partial charge < -0.3 is 10.1 Å². The van der Waals surface area contributed by atoms with E-state index in [1.165, 1.54) is 11.3 Å². The van der Waals surface area contributed by atoms with E-state index in [4.69, 9.17) is 16.3 Å². The van der Waals surface area contributed by atoms with Crippen molar-refractivity contribution in [1.82, 2.24) is 0 Å². The number of aryl methyl sites for hydroxylation is 1. The van der Waals surface area contributed by atoms with E-state index in [0.717, 1.165) is 10.5 Å². The number of imide groups is 1. The predicted molar refractivity (Wildman–Crippen MR) is 117 cm³/mol. The highest BCUT2D eigenvalue weighted by molar-refractivity contribution is 7.11. The first-order valence-electron chi connectivity index (χ1n) is 8.84. The Labute approximate surface area is 177 Å². The Balaban J connectivity index is 1.82. The molecule has 7 heteroatoms. The number of nitrogens with zero attached hydrogens (tertiary/aromatic N) is 1. The number of amides is 2. The monoisotopic (exact) mass is 424 g/mol. The number of para-hydroxylation sites is 2. The third kappa shape index (κ3) is 3.41. The predicted octanol–water partition coefficient (Wildman–Crippen LogP) is 5.12. The van der Waals surface area contributed by atoms with Gasteiger partial charge in [-0.3, -0.25) is 9.59 Å². The fourth-order valence-electron chi connectivity index (χ4n) is 3.13. The van der Waals surface area contributed by atoms with Crippen molar-refractivity contribution in [3.05, 3.63) is 81.1 Å². The number of benzene rings is 2. The molecule has 4 rings (SSSR count). The second-order valence-corrected chi connectivity index (χ2v) is 7.79. The third-order valence-corrected chi connectivity index (χ3v) is 5.93. The van der Waals surface area contributed by atoms with Crippen LogP contribution >= 0.6 is 22.9 Å². The molecule has 0 spiro atoms. The van der Waals surface area contributed by atoms with E-state index in [1.54, 1.807) is 37.4 Å². The zero-order valence-electron chi connectivity index (χ0n) is 15.7. The molecule has 146 valence electrons. The van der Waals surface area contributed by atoms with Crippen LogP contribution in [-0.2, 0) is 9.59 Å². The smallest absolute Gasteiger partial charge is 0.282 e. The summed E-state index contributed by atoms with van der Waals surface area (Å²) in [5, 5.41) is 5.48. The van der Waals surface area contributed by atoms with Gasteiger partial charge in [-0.2, -0.15) is 0 Å². The van der Waals surface area contributed by atoms with Crippen LogP contribution < -0.4 is 15.0 Å². The largest absolute Gasteiger partial charge is 0.495 e. The first-order valence-corrected chi connectivity index (χ1v) is 10.1. The highest BCUT2D eigenvalue weighted by Crippen LogP contribution is 2.37. The van der Waals surface area contributed by atoms with Gasteiger partial charge in [0, 0.05) is 9.90 Å². The average Bonchev–Trinajstić information content (AvgIpc) is 3.32. The number of methoxy groups -OCH3 is 1. The van der Waals surface area contributed by atoms with Crippen molar-refractivity contribution in [2.75, 3.05) is 17.3 Å². The number of hydrogen-bond acceptors (Lipinski definition) is 5. The van der Waals surface area contributed by atoms with E-state index < -0.39 is 11.8 Å². The Morgan fingerprint density at radius 3 is 2.52 bits per heavy atom. The summed E-state index contributed by atoms with van der Waals surface area (Å²) in [5.74, 6) is -0.262. The fourth-order valence-corrected chi connectivity index (χ4v) is 4.08. The van der Waals surface area contributed by atoms with Crippen molar-refractivity contribution < 1.29 is 14.3 Å². The molecule has 1 N–H and O–H groups in total. The van der Waals surface area contributed by atoms with Crippen LogP contribution in [0.1, 0.15) is 10.4 Å². The molecule has 5 nitrogen and oxygen atoms in total. The van der Waals surface area contributed by atoms with E-state index in [-0.39, 0.29) is 5.70 Å². The number of hydrogen-bond donors (Lipinski definition) is 1. The molecule has 0 saturated heterocycles. The number of halogens is 1. The third-order valence-electron chi connectivity index (χ3n) is 4.63. The zero-order chi connectivity index (χ0) is 20.5. The minimum atomic E-state index is -0.441. The van der Waals surface area contributed by atoms with E-state index in [0.29, 0.717) is 32.6 Å². The summed E-state index contributed by atoms with van der Waals surface area (Å²) in [6.45, 7) is 1.86. The molecule has 2 aromatic carbocycles. The number of anilines is 2. The number of carbonyl (C=O) groups is 2. The Hall–Kier alpha value is -3.09. The standard InChI is InChI=1S/C22H17ClN2O3S/c1-13-9-10-14(12-15(13)23)25-21(26)19(18-8-5-11-29-18)20(22(25)27)24-16-6-3-4-7-17(16)28-2/h3-12,24H,1-2H3. The topological polar surface area (TPSA) is 58.6 Å². The maximum atomic E-state index is 13.3. The molecule has 1 aliphatic rings. The molecule has 0 radical (unpaired) electrons. The molecular weight excluding hydrogens is 408 g/mol. The van der Waals surface area contributed by atoms with E-state index in [1.807, 2.05) is 36.6 Å². The highest BCUT2D eigenvalue weighted by atomic mass is 35.5. The first-order chi connectivity index (χ1) is 14.0. The van der Waals surface area contributed by atoms with E-state index >= 15 is 0 Å². The number of rotatable bonds is 5. The molecule has 2 amide bonds. The highest BCUT2D eigenvalue weighted by Gasteiger charge is 2.41. The molecule has 0 unspecified atom stereocenters. The van der Waals surface area contributed by atoms with Gasteiger partial charge in [-0.25, -0.2) is 4.90 Å². The van der Waals surface area contributed by atoms with Crippen LogP contribution in [0.3, 0.4) is 0 Å². The normalized spacial score (nSPS) is 14.0. The fraction of sp³-hybridized carbons (Fsp3) is 0.0909. The van der Waals surface area contributed by atoms with Gasteiger partial charge in [0.2, 0.25) is 0 Å². The van der Waals surface area contributed by atoms with Gasteiger partial charge in [0.25, 0.3) is 11.8 Å². The molecule has 0 saturated carbocycles. The van der Waals surface area contributed by atoms with Crippen LogP contribution in [0.5, 0.6) is 5.75 Å². The van der Waals surface area contributed by atoms with Crippen LogP contribution in [0.15, 0.2) is 65.7 Å². The molecule has 3 aromatic rings. The van der Waals surface area contributed by atoms with Gasteiger partial charge in [0.1, 0.15) is 11.4 Å². The Morgan fingerprint density at radius 1 is 1.03 bits per heavy atom. The van der Waals surface area contributed by atoms with Crippen molar-refractivity contribution in [2.24, 2.45) is 0 Å². The Morgan fingerprint density at radius 2 is 1.83 bits per heavy atom. The summed E-state index contributed by atoms with van der Waals surface area (Å²) in [6, 6.07) is 16.0. The van der Waals surface area contributed by atoms with Gasteiger partial charge in [-0.05, 0) is 48.2 Å². The SMILES string of the molecule is COc1ccccc1NC1=C(c2cccs2)C(=O)N(c2ccc(C)c(Cl)c2)C1=O. The van der Waals surface area contributed by atoms with Gasteiger partial charge in [0.15, 0.2) is 0 Å². The summed E-state index contributed by atoms with van der Waals surface area (Å²) in [4.78, 5) is 28.5. The number of nitrogens with one attached hydrogen (secondary N) is 1. The van der Waals surface area contributed by atoms with E-state index in [2.05, 4.69) is 5.32 Å². The lowest BCUT2D eigenvalue weighted by atomic mass is 10.1. The number of thiophene rings is 1. The van der Waals surface area contributed by atoms with Crippen LogP contribution in [0, 0.1) is 6.92 Å². The van der Waals surface area contributed by atoms with Gasteiger partial charge >= 0.3 is 0 Å². The lowest BCUT2D eigenvalue weighted by Gasteiger charge is -2.16. The van der Waals surface area contributed by atoms with Crippen LogP contribution in [0.4, 0.5) is 11.4 Å². The molecule has 1 aliphatic heterocycles. The van der Waals surface area contributed by atoms with Gasteiger partial charge in [-0.15, -0.1) is 11.3 Å². The van der Waals surface area contributed by atoms with Crippen molar-refractivity contribution in [2.45, 2.75) is 6.92 Å². The molecule has 0 aliphatic carbocycles. The molecular formula is C22H17ClN2O3S. The number of carbonyl (C=O) groups excluding carboxylic acids is 2. The molecule has 0 atom stereocenters. The summed E-state index contributed by atoms with van der Waals surface area (Å²) >= 11 is 7.63. The van der Waals surface area contributed by atoms with Crippen LogP contribution in [-0.4, -0.2) is 18.9 Å². The zero-order valence-corrected chi connectivity index (χ0v) is 17.3. The van der Waals surface area contributed by atoms with E-state index in [9.17, 15) is 9.59 Å². The molecule has 29 heavy (non-hydrogen) atoms. The quantitative estimate of drug-likeness (QED) is 0.578.